The number of thioether (sulfide) groups is 1. The van der Waals surface area contributed by atoms with E-state index >= 15 is 0 Å². The van der Waals surface area contributed by atoms with Crippen molar-refractivity contribution in [1.29, 1.82) is 0 Å². The van der Waals surface area contributed by atoms with Gasteiger partial charge in [-0.15, -0.1) is 11.8 Å². The number of carbonyl (C=O) groups is 1. The molecule has 4 heteroatoms. The maximum absolute atomic E-state index is 11.6. The summed E-state index contributed by atoms with van der Waals surface area (Å²) in [5, 5.41) is 3.28. The summed E-state index contributed by atoms with van der Waals surface area (Å²) in [6.07, 6.45) is 2.98. The molecule has 1 unspecified atom stereocenters. The number of rotatable bonds is 9. The average molecular weight is 281 g/mol. The van der Waals surface area contributed by atoms with Gasteiger partial charge in [0.25, 0.3) is 0 Å². The van der Waals surface area contributed by atoms with Gasteiger partial charge >= 0.3 is 5.97 Å². The minimum absolute atomic E-state index is 0.154. The molecular formula is C15H23NO2S. The first kappa shape index (κ1) is 16.1. The highest BCUT2D eigenvalue weighted by atomic mass is 32.2. The van der Waals surface area contributed by atoms with Crippen molar-refractivity contribution in [3.63, 3.8) is 0 Å². The Morgan fingerprint density at radius 2 is 2.11 bits per heavy atom. The molecule has 0 amide bonds. The first-order valence-corrected chi connectivity index (χ1v) is 7.75. The number of esters is 1. The molecule has 1 N–H and O–H groups in total. The van der Waals surface area contributed by atoms with Crippen LogP contribution in [0.4, 0.5) is 0 Å². The first-order chi connectivity index (χ1) is 9.27. The molecule has 0 saturated carbocycles. The van der Waals surface area contributed by atoms with Crippen LogP contribution in [-0.4, -0.2) is 31.4 Å². The van der Waals surface area contributed by atoms with Gasteiger partial charge in [0, 0.05) is 17.2 Å². The van der Waals surface area contributed by atoms with E-state index < -0.39 is 0 Å². The van der Waals surface area contributed by atoms with Crippen LogP contribution in [0.3, 0.4) is 0 Å². The van der Waals surface area contributed by atoms with E-state index in [0.717, 1.165) is 31.6 Å². The van der Waals surface area contributed by atoms with Crippen molar-refractivity contribution >= 4 is 17.7 Å². The molecule has 0 aliphatic carbocycles. The number of unbranched alkanes of at least 4 members (excludes halogenated alkanes) is 1. The lowest BCUT2D eigenvalue weighted by Gasteiger charge is -2.15. The number of ether oxygens (including phenoxy) is 1. The number of methoxy groups -OCH3 is 1. The molecule has 1 atom stereocenters. The summed E-state index contributed by atoms with van der Waals surface area (Å²) >= 11 is 1.79. The molecule has 1 aromatic rings. The zero-order valence-electron chi connectivity index (χ0n) is 11.7. The summed E-state index contributed by atoms with van der Waals surface area (Å²) in [5.41, 5.74) is 0. The second kappa shape index (κ2) is 9.87. The fourth-order valence-electron chi connectivity index (χ4n) is 1.77. The van der Waals surface area contributed by atoms with Gasteiger partial charge in [-0.1, -0.05) is 38.0 Å². The Labute approximate surface area is 120 Å². The molecule has 0 bridgehead atoms. The number of hydrogen-bond acceptors (Lipinski definition) is 4. The third kappa shape index (κ3) is 6.64. The third-order valence-electron chi connectivity index (χ3n) is 2.84. The van der Waals surface area contributed by atoms with Gasteiger partial charge in [0.1, 0.15) is 6.04 Å². The first-order valence-electron chi connectivity index (χ1n) is 6.77. The van der Waals surface area contributed by atoms with Crippen LogP contribution in [0.1, 0.15) is 26.2 Å². The summed E-state index contributed by atoms with van der Waals surface area (Å²) in [6, 6.07) is 10.1. The molecule has 0 aliphatic heterocycles. The maximum Gasteiger partial charge on any atom is 0.322 e. The molecule has 106 valence electrons. The molecule has 0 aliphatic rings. The highest BCUT2D eigenvalue weighted by Crippen LogP contribution is 2.16. The Balaban J connectivity index is 2.25. The zero-order valence-corrected chi connectivity index (χ0v) is 12.5. The Hall–Kier alpha value is -1.00. The van der Waals surface area contributed by atoms with E-state index in [0.29, 0.717) is 0 Å². The molecule has 0 radical (unpaired) electrons. The quantitative estimate of drug-likeness (QED) is 0.429. The summed E-state index contributed by atoms with van der Waals surface area (Å²) in [5.74, 6) is 0.794. The predicted octanol–water partition coefficient (Wildman–Crippen LogP) is 3.10. The topological polar surface area (TPSA) is 38.3 Å². The normalized spacial score (nSPS) is 12.1. The Morgan fingerprint density at radius 3 is 2.74 bits per heavy atom. The van der Waals surface area contributed by atoms with E-state index in [2.05, 4.69) is 24.4 Å². The summed E-state index contributed by atoms with van der Waals surface area (Å²) in [6.45, 7) is 2.93. The molecule has 1 aromatic carbocycles. The lowest BCUT2D eigenvalue weighted by atomic mass is 10.1. The highest BCUT2D eigenvalue weighted by Gasteiger charge is 2.17. The smallest absolute Gasteiger partial charge is 0.322 e. The second-order valence-electron chi connectivity index (χ2n) is 4.33. The molecule has 1 rings (SSSR count). The minimum Gasteiger partial charge on any atom is -0.468 e. The molecule has 0 fully saturated rings. The van der Waals surface area contributed by atoms with Gasteiger partial charge in [0.05, 0.1) is 7.11 Å². The van der Waals surface area contributed by atoms with E-state index in [9.17, 15) is 4.79 Å². The van der Waals surface area contributed by atoms with Crippen molar-refractivity contribution in [2.75, 3.05) is 19.4 Å². The van der Waals surface area contributed by atoms with Crippen LogP contribution in [0.5, 0.6) is 0 Å². The van der Waals surface area contributed by atoms with E-state index in [1.807, 2.05) is 18.2 Å². The van der Waals surface area contributed by atoms with Gasteiger partial charge in [-0.25, -0.2) is 0 Å². The third-order valence-corrected chi connectivity index (χ3v) is 3.85. The van der Waals surface area contributed by atoms with Crippen LogP contribution in [0, 0.1) is 0 Å². The summed E-state index contributed by atoms with van der Waals surface area (Å²) in [4.78, 5) is 12.8. The Bertz CT molecular complexity index is 356. The van der Waals surface area contributed by atoms with Crippen LogP contribution in [0.2, 0.25) is 0 Å². The fraction of sp³-hybridized carbons (Fsp3) is 0.533. The van der Waals surface area contributed by atoms with E-state index in [1.54, 1.807) is 11.8 Å². The lowest BCUT2D eigenvalue weighted by molar-refractivity contribution is -0.143. The van der Waals surface area contributed by atoms with Crippen LogP contribution >= 0.6 is 11.8 Å². The lowest BCUT2D eigenvalue weighted by Crippen LogP contribution is -2.38. The molecular weight excluding hydrogens is 258 g/mol. The summed E-state index contributed by atoms with van der Waals surface area (Å²) < 4.78 is 4.82. The average Bonchev–Trinajstić information content (AvgIpc) is 2.47. The number of nitrogens with one attached hydrogen (secondary N) is 1. The monoisotopic (exact) mass is 281 g/mol. The van der Waals surface area contributed by atoms with Gasteiger partial charge in [0.2, 0.25) is 0 Å². The largest absolute Gasteiger partial charge is 0.468 e. The van der Waals surface area contributed by atoms with Crippen molar-refractivity contribution in [2.45, 2.75) is 37.1 Å². The highest BCUT2D eigenvalue weighted by molar-refractivity contribution is 7.99. The molecule has 3 nitrogen and oxygen atoms in total. The van der Waals surface area contributed by atoms with Gasteiger partial charge in [-0.3, -0.25) is 4.79 Å². The summed E-state index contributed by atoms with van der Waals surface area (Å²) in [7, 11) is 1.45. The fourth-order valence-corrected chi connectivity index (χ4v) is 2.58. The molecule has 0 saturated heterocycles. The van der Waals surface area contributed by atoms with Gasteiger partial charge in [-0.2, -0.15) is 0 Å². The van der Waals surface area contributed by atoms with Gasteiger partial charge in [0.15, 0.2) is 0 Å². The van der Waals surface area contributed by atoms with Crippen molar-refractivity contribution in [3.8, 4) is 0 Å². The van der Waals surface area contributed by atoms with E-state index in [1.165, 1.54) is 12.0 Å². The van der Waals surface area contributed by atoms with Crippen molar-refractivity contribution in [3.05, 3.63) is 30.3 Å². The number of carbonyl (C=O) groups excluding carboxylic acids is 1. The Kier molecular flexibility index (Phi) is 8.34. The van der Waals surface area contributed by atoms with Gasteiger partial charge < -0.3 is 10.1 Å². The van der Waals surface area contributed by atoms with Crippen LogP contribution in [-0.2, 0) is 9.53 Å². The predicted molar refractivity (Wildman–Crippen MR) is 80.5 cm³/mol. The van der Waals surface area contributed by atoms with Crippen molar-refractivity contribution in [1.82, 2.24) is 5.32 Å². The van der Waals surface area contributed by atoms with Crippen LogP contribution in [0.15, 0.2) is 35.2 Å². The van der Waals surface area contributed by atoms with Crippen molar-refractivity contribution in [2.24, 2.45) is 0 Å². The van der Waals surface area contributed by atoms with E-state index in [-0.39, 0.29) is 12.0 Å². The van der Waals surface area contributed by atoms with Crippen molar-refractivity contribution < 1.29 is 9.53 Å². The number of benzene rings is 1. The molecule has 0 heterocycles. The zero-order chi connectivity index (χ0) is 13.9. The minimum atomic E-state index is -0.165. The Morgan fingerprint density at radius 1 is 1.37 bits per heavy atom. The maximum atomic E-state index is 11.6. The van der Waals surface area contributed by atoms with Gasteiger partial charge in [-0.05, 0) is 18.6 Å². The molecule has 19 heavy (non-hydrogen) atoms. The van der Waals surface area contributed by atoms with E-state index in [4.69, 9.17) is 4.74 Å². The van der Waals surface area contributed by atoms with Crippen LogP contribution in [0.25, 0.3) is 0 Å². The number of hydrogen-bond donors (Lipinski definition) is 1. The second-order valence-corrected chi connectivity index (χ2v) is 5.50. The van der Waals surface area contributed by atoms with Crippen LogP contribution < -0.4 is 5.32 Å². The standard InChI is InChI=1S/C15H23NO2S/c1-3-4-10-14(15(17)18-2)16-11-12-19-13-8-6-5-7-9-13/h5-9,14,16H,3-4,10-12H2,1-2H3. The molecule has 0 aromatic heterocycles. The molecule has 0 spiro atoms. The SMILES string of the molecule is CCCCC(NCCSc1ccccc1)C(=O)OC.